The molecule has 4 rings (SSSR count). The summed E-state index contributed by atoms with van der Waals surface area (Å²) in [6.07, 6.45) is 4.67. The van der Waals surface area contributed by atoms with Gasteiger partial charge in [-0.2, -0.15) is 0 Å². The van der Waals surface area contributed by atoms with Gasteiger partial charge in [-0.1, -0.05) is 11.6 Å². The fourth-order valence-corrected chi connectivity index (χ4v) is 4.10. The third kappa shape index (κ3) is 4.81. The van der Waals surface area contributed by atoms with Crippen molar-refractivity contribution in [1.29, 1.82) is 0 Å². The standard InChI is InChI=1S/C27H25ClN2O5/c1-15(10-25(31)30-24-9-6-17(28)13-29-24)19-12-21-22(14-35-27(21)16(2)26(19)34-5)20-11-18(32-3)7-8-23(20)33-4/h6-14H,1-5H3,(H,29,30,31)/b15-10+. The maximum absolute atomic E-state index is 12.7. The molecule has 1 amide bonds. The van der Waals surface area contributed by atoms with Crippen LogP contribution in [0.15, 0.2) is 59.4 Å². The summed E-state index contributed by atoms with van der Waals surface area (Å²) in [5.41, 5.74) is 4.65. The minimum atomic E-state index is -0.320. The predicted molar refractivity (Wildman–Crippen MR) is 138 cm³/mol. The van der Waals surface area contributed by atoms with E-state index in [0.29, 0.717) is 39.2 Å². The number of methoxy groups -OCH3 is 3. The van der Waals surface area contributed by atoms with Crippen LogP contribution in [0.2, 0.25) is 5.02 Å². The fraction of sp³-hybridized carbons (Fsp3) is 0.185. The smallest absolute Gasteiger partial charge is 0.249 e. The third-order valence-electron chi connectivity index (χ3n) is 5.70. The molecule has 0 radical (unpaired) electrons. The van der Waals surface area contributed by atoms with Crippen molar-refractivity contribution in [3.8, 4) is 28.4 Å². The lowest BCUT2D eigenvalue weighted by atomic mass is 9.96. The maximum atomic E-state index is 12.7. The zero-order valence-electron chi connectivity index (χ0n) is 20.1. The topological polar surface area (TPSA) is 82.8 Å². The molecule has 2 heterocycles. The second kappa shape index (κ2) is 10.1. The Hall–Kier alpha value is -3.97. The Morgan fingerprint density at radius 2 is 1.86 bits per heavy atom. The molecule has 0 aliphatic rings. The number of fused-ring (bicyclic) bond motifs is 1. The minimum absolute atomic E-state index is 0.320. The molecule has 1 N–H and O–H groups in total. The van der Waals surface area contributed by atoms with Crippen LogP contribution in [0.5, 0.6) is 17.2 Å². The molecule has 0 fully saturated rings. The molecule has 180 valence electrons. The number of hydrogen-bond acceptors (Lipinski definition) is 6. The summed E-state index contributed by atoms with van der Waals surface area (Å²) in [5.74, 6) is 2.10. The van der Waals surface area contributed by atoms with Gasteiger partial charge in [0.2, 0.25) is 5.91 Å². The molecule has 2 aromatic heterocycles. The molecule has 0 aliphatic heterocycles. The van der Waals surface area contributed by atoms with Crippen LogP contribution in [0.25, 0.3) is 27.7 Å². The SMILES string of the molecule is COc1ccc(OC)c(-c2coc3c(C)c(OC)c(/C(C)=C/C(=O)Nc4ccc(Cl)cn4)cc23)c1. The Kier molecular flexibility index (Phi) is 6.98. The molecule has 4 aromatic rings. The number of halogens is 1. The van der Waals surface area contributed by atoms with Crippen molar-refractivity contribution in [2.24, 2.45) is 0 Å². The van der Waals surface area contributed by atoms with Gasteiger partial charge in [0.1, 0.15) is 28.6 Å². The summed E-state index contributed by atoms with van der Waals surface area (Å²) < 4.78 is 22.7. The third-order valence-corrected chi connectivity index (χ3v) is 5.92. The van der Waals surface area contributed by atoms with Gasteiger partial charge in [-0.15, -0.1) is 0 Å². The summed E-state index contributed by atoms with van der Waals surface area (Å²) in [4.78, 5) is 16.8. The van der Waals surface area contributed by atoms with Crippen LogP contribution in [0.4, 0.5) is 5.82 Å². The quantitative estimate of drug-likeness (QED) is 0.295. The normalized spacial score (nSPS) is 11.4. The lowest BCUT2D eigenvalue weighted by Gasteiger charge is -2.14. The van der Waals surface area contributed by atoms with Gasteiger partial charge in [0, 0.05) is 39.9 Å². The molecule has 7 nitrogen and oxygen atoms in total. The van der Waals surface area contributed by atoms with E-state index >= 15 is 0 Å². The molecule has 0 bridgehead atoms. The zero-order valence-corrected chi connectivity index (χ0v) is 20.8. The molecule has 0 aliphatic carbocycles. The number of hydrogen-bond donors (Lipinski definition) is 1. The van der Waals surface area contributed by atoms with Gasteiger partial charge >= 0.3 is 0 Å². The lowest BCUT2D eigenvalue weighted by Crippen LogP contribution is -2.10. The maximum Gasteiger partial charge on any atom is 0.249 e. The number of amides is 1. The molecule has 0 unspecified atom stereocenters. The number of carbonyl (C=O) groups is 1. The molecular weight excluding hydrogens is 468 g/mol. The molecule has 0 saturated carbocycles. The second-order valence-electron chi connectivity index (χ2n) is 7.85. The number of nitrogens with one attached hydrogen (secondary N) is 1. The van der Waals surface area contributed by atoms with Crippen molar-refractivity contribution in [3.05, 3.63) is 71.1 Å². The van der Waals surface area contributed by atoms with Gasteiger partial charge < -0.3 is 23.9 Å². The molecule has 2 aromatic carbocycles. The van der Waals surface area contributed by atoms with Gasteiger partial charge in [-0.3, -0.25) is 4.79 Å². The van der Waals surface area contributed by atoms with Gasteiger partial charge in [-0.05, 0) is 55.8 Å². The van der Waals surface area contributed by atoms with E-state index in [1.807, 2.05) is 38.1 Å². The predicted octanol–water partition coefficient (Wildman–Crippen LogP) is 6.52. The number of carbonyl (C=O) groups excluding carboxylic acids is 1. The number of pyridine rings is 1. The van der Waals surface area contributed by atoms with Gasteiger partial charge in [-0.25, -0.2) is 4.98 Å². The summed E-state index contributed by atoms with van der Waals surface area (Å²) in [5, 5.41) is 4.10. The Labute approximate surface area is 208 Å². The van der Waals surface area contributed by atoms with E-state index in [1.54, 1.807) is 39.7 Å². The number of ether oxygens (including phenoxy) is 3. The van der Waals surface area contributed by atoms with Crippen molar-refractivity contribution in [1.82, 2.24) is 4.98 Å². The van der Waals surface area contributed by atoms with E-state index in [4.69, 9.17) is 30.2 Å². The number of aryl methyl sites for hydroxylation is 1. The highest BCUT2D eigenvalue weighted by Crippen LogP contribution is 2.43. The molecular formula is C27H25ClN2O5. The average Bonchev–Trinajstić information content (AvgIpc) is 3.29. The Balaban J connectivity index is 1.80. The van der Waals surface area contributed by atoms with Crippen molar-refractivity contribution in [2.45, 2.75) is 13.8 Å². The first kappa shape index (κ1) is 24.2. The largest absolute Gasteiger partial charge is 0.497 e. The van der Waals surface area contributed by atoms with E-state index in [0.717, 1.165) is 27.6 Å². The number of anilines is 1. The van der Waals surface area contributed by atoms with Crippen molar-refractivity contribution in [3.63, 3.8) is 0 Å². The number of benzene rings is 2. The van der Waals surface area contributed by atoms with Crippen LogP contribution < -0.4 is 19.5 Å². The van der Waals surface area contributed by atoms with E-state index in [1.165, 1.54) is 12.3 Å². The minimum Gasteiger partial charge on any atom is -0.497 e. The Morgan fingerprint density at radius 3 is 2.51 bits per heavy atom. The second-order valence-corrected chi connectivity index (χ2v) is 8.29. The number of rotatable bonds is 7. The molecule has 8 heteroatoms. The van der Waals surface area contributed by atoms with Crippen molar-refractivity contribution >= 4 is 39.9 Å². The molecule has 0 spiro atoms. The summed E-state index contributed by atoms with van der Waals surface area (Å²) in [6.45, 7) is 3.77. The van der Waals surface area contributed by atoms with E-state index in [2.05, 4.69) is 10.3 Å². The van der Waals surface area contributed by atoms with Gasteiger partial charge in [0.05, 0.1) is 32.6 Å². The highest BCUT2D eigenvalue weighted by molar-refractivity contribution is 6.30. The van der Waals surface area contributed by atoms with Crippen molar-refractivity contribution in [2.75, 3.05) is 26.6 Å². The lowest BCUT2D eigenvalue weighted by molar-refractivity contribution is -0.111. The first-order valence-electron chi connectivity index (χ1n) is 10.8. The summed E-state index contributed by atoms with van der Waals surface area (Å²) >= 11 is 5.87. The highest BCUT2D eigenvalue weighted by Gasteiger charge is 2.21. The van der Waals surface area contributed by atoms with E-state index in [9.17, 15) is 4.79 Å². The first-order valence-corrected chi connectivity index (χ1v) is 11.2. The fourth-order valence-electron chi connectivity index (χ4n) is 3.99. The van der Waals surface area contributed by atoms with Gasteiger partial charge in [0.15, 0.2) is 0 Å². The molecule has 0 atom stereocenters. The zero-order chi connectivity index (χ0) is 25.1. The van der Waals surface area contributed by atoms with Crippen LogP contribution in [-0.4, -0.2) is 32.2 Å². The van der Waals surface area contributed by atoms with E-state index in [-0.39, 0.29) is 5.91 Å². The van der Waals surface area contributed by atoms with Crippen molar-refractivity contribution < 1.29 is 23.4 Å². The van der Waals surface area contributed by atoms with Crippen LogP contribution in [0.1, 0.15) is 18.1 Å². The Morgan fingerprint density at radius 1 is 1.06 bits per heavy atom. The van der Waals surface area contributed by atoms with Crippen LogP contribution in [0, 0.1) is 6.92 Å². The number of furan rings is 1. The summed E-state index contributed by atoms with van der Waals surface area (Å²) in [7, 11) is 4.83. The average molecular weight is 493 g/mol. The van der Waals surface area contributed by atoms with Crippen LogP contribution in [0.3, 0.4) is 0 Å². The first-order chi connectivity index (χ1) is 16.9. The van der Waals surface area contributed by atoms with Gasteiger partial charge in [0.25, 0.3) is 0 Å². The van der Waals surface area contributed by atoms with E-state index < -0.39 is 0 Å². The van der Waals surface area contributed by atoms with Crippen LogP contribution >= 0.6 is 11.6 Å². The number of allylic oxidation sites excluding steroid dienone is 1. The summed E-state index contributed by atoms with van der Waals surface area (Å²) in [6, 6.07) is 10.8. The number of nitrogens with zero attached hydrogens (tertiary/aromatic N) is 1. The Bertz CT molecular complexity index is 1420. The number of aromatic nitrogens is 1. The molecule has 0 saturated heterocycles. The highest BCUT2D eigenvalue weighted by atomic mass is 35.5. The monoisotopic (exact) mass is 492 g/mol. The van der Waals surface area contributed by atoms with Crippen LogP contribution in [-0.2, 0) is 4.79 Å². The molecule has 35 heavy (non-hydrogen) atoms.